The van der Waals surface area contributed by atoms with E-state index in [0.29, 0.717) is 44.8 Å². The maximum absolute atomic E-state index is 13.7. The molecule has 1 aromatic carbocycles. The van der Waals surface area contributed by atoms with Crippen molar-refractivity contribution in [1.82, 2.24) is 0 Å². The monoisotopic (exact) mass is 406 g/mol. The summed E-state index contributed by atoms with van der Waals surface area (Å²) in [5, 5.41) is 0. The molecule has 0 N–H and O–H groups in total. The Morgan fingerprint density at radius 3 is 1.74 bits per heavy atom. The van der Waals surface area contributed by atoms with Gasteiger partial charge in [0.05, 0.1) is 0 Å². The molecule has 0 spiro atoms. The highest BCUT2D eigenvalue weighted by molar-refractivity contribution is 6.60. The quantitative estimate of drug-likeness (QED) is 0.202. The number of hydrogen-bond acceptors (Lipinski definition) is 3. The molecule has 0 saturated carbocycles. The van der Waals surface area contributed by atoms with Crippen LogP contribution in [0.3, 0.4) is 0 Å². The van der Waals surface area contributed by atoms with Crippen LogP contribution in [0, 0.1) is 17.5 Å². The van der Waals surface area contributed by atoms with Gasteiger partial charge in [-0.2, -0.15) is 0 Å². The zero-order chi connectivity index (χ0) is 20.1. The van der Waals surface area contributed by atoms with Crippen molar-refractivity contribution in [1.29, 1.82) is 0 Å². The summed E-state index contributed by atoms with van der Waals surface area (Å²) in [6, 6.07) is 2.27. The molecule has 1 rings (SSSR count). The normalized spacial score (nSPS) is 11.9. The molecule has 0 radical (unpaired) electrons. The van der Waals surface area contributed by atoms with Gasteiger partial charge in [-0.15, -0.1) is 0 Å². The van der Waals surface area contributed by atoms with Gasteiger partial charge in [0.15, 0.2) is 11.6 Å². The second kappa shape index (κ2) is 13.3. The highest BCUT2D eigenvalue weighted by Gasteiger charge is 2.40. The first-order valence-corrected chi connectivity index (χ1v) is 12.0. The summed E-state index contributed by atoms with van der Waals surface area (Å²) < 4.78 is 58.1. The Morgan fingerprint density at radius 2 is 1.22 bits per heavy atom. The third kappa shape index (κ3) is 8.77. The summed E-state index contributed by atoms with van der Waals surface area (Å²) in [6.07, 6.45) is 5.39. The number of benzene rings is 1. The molecule has 0 aromatic heterocycles. The van der Waals surface area contributed by atoms with Gasteiger partial charge in [-0.1, -0.05) is 27.2 Å². The highest BCUT2D eigenvalue weighted by atomic mass is 28.4. The Morgan fingerprint density at radius 1 is 0.704 bits per heavy atom. The number of rotatable bonds is 15. The summed E-state index contributed by atoms with van der Waals surface area (Å²) in [4.78, 5) is 0. The first kappa shape index (κ1) is 24.1. The van der Waals surface area contributed by atoms with E-state index in [0.717, 1.165) is 38.2 Å². The summed E-state index contributed by atoms with van der Waals surface area (Å²) in [7, 11) is -2.70. The number of halogens is 3. The van der Waals surface area contributed by atoms with E-state index in [9.17, 15) is 13.2 Å². The van der Waals surface area contributed by atoms with Crippen LogP contribution in [0.25, 0.3) is 0 Å². The lowest BCUT2D eigenvalue weighted by atomic mass is 10.1. The molecular weight excluding hydrogens is 373 g/mol. The first-order valence-electron chi connectivity index (χ1n) is 10.0. The van der Waals surface area contributed by atoms with Crippen LogP contribution in [-0.4, -0.2) is 28.6 Å². The van der Waals surface area contributed by atoms with E-state index in [4.69, 9.17) is 13.3 Å². The fraction of sp³-hybridized carbons (Fsp3) is 0.700. The zero-order valence-corrected chi connectivity index (χ0v) is 17.8. The van der Waals surface area contributed by atoms with Crippen molar-refractivity contribution in [2.75, 3.05) is 19.8 Å². The average molecular weight is 407 g/mol. The van der Waals surface area contributed by atoms with Crippen molar-refractivity contribution in [3.05, 3.63) is 35.1 Å². The summed E-state index contributed by atoms with van der Waals surface area (Å²) in [5.41, 5.74) is 0.212. The summed E-state index contributed by atoms with van der Waals surface area (Å²) in [6.45, 7) is 7.98. The Balaban J connectivity index is 2.54. The minimum Gasteiger partial charge on any atom is -0.373 e. The van der Waals surface area contributed by atoms with Gasteiger partial charge >= 0.3 is 8.80 Å². The number of hydrogen-bond donors (Lipinski definition) is 0. The van der Waals surface area contributed by atoms with Crippen LogP contribution in [0.4, 0.5) is 13.2 Å². The van der Waals surface area contributed by atoms with Gasteiger partial charge in [0.2, 0.25) is 0 Å². The van der Waals surface area contributed by atoms with Gasteiger partial charge in [0.25, 0.3) is 0 Å². The minimum absolute atomic E-state index is 0.212. The summed E-state index contributed by atoms with van der Waals surface area (Å²) >= 11 is 0. The van der Waals surface area contributed by atoms with Crippen molar-refractivity contribution >= 4 is 8.80 Å². The fourth-order valence-corrected chi connectivity index (χ4v) is 5.61. The van der Waals surface area contributed by atoms with Crippen LogP contribution < -0.4 is 0 Å². The van der Waals surface area contributed by atoms with E-state index >= 15 is 0 Å². The zero-order valence-electron chi connectivity index (χ0n) is 16.8. The molecular formula is C20H33F3O3Si. The number of aryl methyl sites for hydroxylation is 1. The second-order valence-electron chi connectivity index (χ2n) is 6.65. The van der Waals surface area contributed by atoms with E-state index < -0.39 is 26.3 Å². The van der Waals surface area contributed by atoms with Crippen molar-refractivity contribution in [3.63, 3.8) is 0 Å². The third-order valence-corrected chi connectivity index (χ3v) is 6.99. The van der Waals surface area contributed by atoms with Crippen LogP contribution in [0.2, 0.25) is 6.04 Å². The molecule has 0 aliphatic rings. The highest BCUT2D eigenvalue weighted by Crippen LogP contribution is 2.22. The van der Waals surface area contributed by atoms with E-state index in [-0.39, 0.29) is 5.56 Å². The van der Waals surface area contributed by atoms with Gasteiger partial charge in [0, 0.05) is 31.9 Å². The van der Waals surface area contributed by atoms with Gasteiger partial charge in [-0.05, 0) is 50.2 Å². The van der Waals surface area contributed by atoms with Crippen molar-refractivity contribution < 1.29 is 26.4 Å². The van der Waals surface area contributed by atoms with Crippen LogP contribution in [0.1, 0.15) is 64.9 Å². The molecule has 7 heteroatoms. The third-order valence-electron chi connectivity index (χ3n) is 4.10. The molecule has 0 saturated heterocycles. The van der Waals surface area contributed by atoms with Gasteiger partial charge in [-0.3, -0.25) is 0 Å². The molecule has 0 fully saturated rings. The van der Waals surface area contributed by atoms with Crippen molar-refractivity contribution in [2.24, 2.45) is 0 Å². The average Bonchev–Trinajstić information content (AvgIpc) is 2.66. The van der Waals surface area contributed by atoms with E-state index in [1.54, 1.807) is 0 Å². The van der Waals surface area contributed by atoms with Crippen molar-refractivity contribution in [3.8, 4) is 0 Å². The van der Waals surface area contributed by atoms with E-state index in [2.05, 4.69) is 20.8 Å². The molecule has 0 unspecified atom stereocenters. The van der Waals surface area contributed by atoms with Crippen LogP contribution in [0.5, 0.6) is 0 Å². The van der Waals surface area contributed by atoms with Gasteiger partial charge in [0.1, 0.15) is 5.82 Å². The molecule has 0 aliphatic heterocycles. The Bertz CT molecular complexity index is 522. The predicted octanol–water partition coefficient (Wildman–Crippen LogP) is 6.04. The standard InChI is InChI=1S/C20H33F3O3Si/c1-4-11-24-27(25-12-5-2,26-13-6-3)14-9-7-8-10-17-15-19(22)20(23)16-18(17)21/h15-16H,4-14H2,1-3H3. The molecule has 3 nitrogen and oxygen atoms in total. The van der Waals surface area contributed by atoms with Crippen molar-refractivity contribution in [2.45, 2.75) is 71.8 Å². The van der Waals surface area contributed by atoms with Crippen LogP contribution in [0.15, 0.2) is 12.1 Å². The van der Waals surface area contributed by atoms with Crippen LogP contribution in [-0.2, 0) is 19.7 Å². The SMILES string of the molecule is CCCO[Si](CCCCCc1cc(F)c(F)cc1F)(OCCC)OCCC. The molecule has 0 bridgehead atoms. The molecule has 156 valence electrons. The molecule has 0 amide bonds. The smallest absolute Gasteiger partial charge is 0.373 e. The Kier molecular flexibility index (Phi) is 11.9. The maximum Gasteiger partial charge on any atom is 0.500 e. The predicted molar refractivity (Wildman–Crippen MR) is 103 cm³/mol. The molecule has 0 atom stereocenters. The molecule has 1 aromatic rings. The first-order chi connectivity index (χ1) is 13.0. The van der Waals surface area contributed by atoms with Crippen LogP contribution >= 0.6 is 0 Å². The maximum atomic E-state index is 13.7. The fourth-order valence-electron chi connectivity index (χ4n) is 2.70. The lowest BCUT2D eigenvalue weighted by Crippen LogP contribution is -2.46. The Labute approximate surface area is 162 Å². The molecule has 27 heavy (non-hydrogen) atoms. The second-order valence-corrected chi connectivity index (χ2v) is 9.38. The largest absolute Gasteiger partial charge is 0.500 e. The van der Waals surface area contributed by atoms with E-state index in [1.165, 1.54) is 0 Å². The lowest BCUT2D eigenvalue weighted by Gasteiger charge is -2.29. The summed E-state index contributed by atoms with van der Waals surface area (Å²) in [5.74, 6) is -2.85. The molecule has 0 heterocycles. The number of unbranched alkanes of at least 4 members (excludes halogenated alkanes) is 2. The van der Waals surface area contributed by atoms with E-state index in [1.807, 2.05) is 0 Å². The lowest BCUT2D eigenvalue weighted by molar-refractivity contribution is 0.0586. The molecule has 0 aliphatic carbocycles. The Hall–Kier alpha value is -0.893. The topological polar surface area (TPSA) is 27.7 Å². The van der Waals surface area contributed by atoms with Gasteiger partial charge < -0.3 is 13.3 Å². The minimum atomic E-state index is -2.70. The van der Waals surface area contributed by atoms with Gasteiger partial charge in [-0.25, -0.2) is 13.2 Å².